The van der Waals surface area contributed by atoms with Gasteiger partial charge in [-0.15, -0.1) is 21.0 Å². The third-order valence-electron chi connectivity index (χ3n) is 7.44. The molecule has 0 fully saturated rings. The highest BCUT2D eigenvalue weighted by Crippen LogP contribution is 2.58. The predicted octanol–water partition coefficient (Wildman–Crippen LogP) is 6.67. The van der Waals surface area contributed by atoms with Crippen molar-refractivity contribution in [1.29, 1.82) is 0 Å². The average molecular weight is 605 g/mol. The standard InChI is InChI=1S/C29H31F3N4O5S/c1-17-9-10-19(13-20(17)15-35-16-28(3,4)41-23-7-5-6-8-24(23)42(35,39)40)22(14-25(37)38)21-11-12-36-26(18(21)2)33-34-27(36)29(30,31)32/h5-13,22,39-40H,14-16H2,1-4H3,(H,37,38). The summed E-state index contributed by atoms with van der Waals surface area (Å²) in [6, 6.07) is 13.7. The number of ether oxygens (including phenoxy) is 1. The van der Waals surface area contributed by atoms with Crippen LogP contribution in [0, 0.1) is 13.8 Å². The van der Waals surface area contributed by atoms with Crippen molar-refractivity contribution in [1.82, 2.24) is 18.9 Å². The SMILES string of the molecule is Cc1ccc(C(CC(=O)O)c2ccn3c(C(F)(F)F)nnc3c2C)cc1CN1CC(C)(C)Oc2ccccc2S1(O)O. The van der Waals surface area contributed by atoms with Crippen LogP contribution in [0.2, 0.25) is 0 Å². The molecule has 1 aliphatic rings. The van der Waals surface area contributed by atoms with Crippen LogP contribution in [-0.2, 0) is 17.5 Å². The van der Waals surface area contributed by atoms with Crippen molar-refractivity contribution in [2.75, 3.05) is 6.54 Å². The molecule has 0 saturated carbocycles. The van der Waals surface area contributed by atoms with Gasteiger partial charge in [0.2, 0.25) is 5.82 Å². The van der Waals surface area contributed by atoms with E-state index in [9.17, 15) is 32.2 Å². The Labute approximate surface area is 242 Å². The minimum absolute atomic E-state index is 0.0121. The van der Waals surface area contributed by atoms with E-state index in [4.69, 9.17) is 4.74 Å². The molecule has 1 unspecified atom stereocenters. The Morgan fingerprint density at radius 3 is 2.52 bits per heavy atom. The lowest BCUT2D eigenvalue weighted by Crippen LogP contribution is -2.41. The fourth-order valence-corrected chi connectivity index (χ4v) is 7.14. The summed E-state index contributed by atoms with van der Waals surface area (Å²) in [6.45, 7) is 7.50. The quantitative estimate of drug-likeness (QED) is 0.223. The molecule has 0 bridgehead atoms. The van der Waals surface area contributed by atoms with Crippen molar-refractivity contribution in [2.45, 2.75) is 63.3 Å². The summed E-state index contributed by atoms with van der Waals surface area (Å²) in [5.74, 6) is -2.58. The van der Waals surface area contributed by atoms with E-state index < -0.39 is 40.3 Å². The van der Waals surface area contributed by atoms with Gasteiger partial charge in [0.1, 0.15) is 16.2 Å². The molecule has 0 saturated heterocycles. The topological polar surface area (TPSA) is 120 Å². The number of carboxylic acids is 1. The average Bonchev–Trinajstić information content (AvgIpc) is 3.31. The highest BCUT2D eigenvalue weighted by Gasteiger charge is 2.39. The van der Waals surface area contributed by atoms with Crippen LogP contribution in [0.15, 0.2) is 59.6 Å². The second-order valence-corrected chi connectivity index (χ2v) is 13.1. The first-order chi connectivity index (χ1) is 19.6. The molecule has 2 aromatic heterocycles. The van der Waals surface area contributed by atoms with Crippen LogP contribution in [0.1, 0.15) is 59.8 Å². The maximum Gasteiger partial charge on any atom is 0.452 e. The van der Waals surface area contributed by atoms with Gasteiger partial charge in [0.25, 0.3) is 0 Å². The van der Waals surface area contributed by atoms with E-state index in [2.05, 4.69) is 10.2 Å². The summed E-state index contributed by atoms with van der Waals surface area (Å²) < 4.78 is 71.7. The Bertz CT molecular complexity index is 1670. The van der Waals surface area contributed by atoms with Crippen LogP contribution < -0.4 is 4.74 Å². The smallest absolute Gasteiger partial charge is 0.452 e. The van der Waals surface area contributed by atoms with Gasteiger partial charge in [-0.25, -0.2) is 0 Å². The number of hydrogen-bond donors (Lipinski definition) is 3. The normalized spacial score (nSPS) is 18.1. The first-order valence-electron chi connectivity index (χ1n) is 13.1. The molecular weight excluding hydrogens is 573 g/mol. The third-order valence-corrected chi connectivity index (χ3v) is 9.35. The molecule has 0 amide bonds. The van der Waals surface area contributed by atoms with Gasteiger partial charge >= 0.3 is 12.1 Å². The largest absolute Gasteiger partial charge is 0.484 e. The zero-order valence-corrected chi connectivity index (χ0v) is 24.2. The molecule has 1 atom stereocenters. The maximum absolute atomic E-state index is 13.4. The molecular formula is C29H31F3N4O5S. The number of aromatic nitrogens is 3. The Morgan fingerprint density at radius 1 is 1.12 bits per heavy atom. The lowest BCUT2D eigenvalue weighted by Gasteiger charge is -2.43. The number of hydrogen-bond acceptors (Lipinski definition) is 7. The van der Waals surface area contributed by atoms with Crippen molar-refractivity contribution >= 4 is 22.4 Å². The van der Waals surface area contributed by atoms with Gasteiger partial charge in [-0.3, -0.25) is 18.3 Å². The number of nitrogens with zero attached hydrogens (tertiary/aromatic N) is 4. The molecule has 42 heavy (non-hydrogen) atoms. The maximum atomic E-state index is 13.4. The summed E-state index contributed by atoms with van der Waals surface area (Å²) in [4.78, 5) is 12.3. The van der Waals surface area contributed by atoms with Gasteiger partial charge in [0.05, 0.1) is 13.0 Å². The summed E-state index contributed by atoms with van der Waals surface area (Å²) in [6.07, 6.45) is -3.83. The predicted molar refractivity (Wildman–Crippen MR) is 151 cm³/mol. The van der Waals surface area contributed by atoms with Gasteiger partial charge in [0, 0.05) is 18.7 Å². The fourth-order valence-electron chi connectivity index (χ4n) is 5.41. The van der Waals surface area contributed by atoms with Crippen LogP contribution in [0.4, 0.5) is 13.2 Å². The van der Waals surface area contributed by atoms with E-state index in [1.54, 1.807) is 41.6 Å². The number of pyridine rings is 1. The molecule has 2 aromatic carbocycles. The number of alkyl halides is 3. The number of benzene rings is 2. The number of aliphatic carboxylic acids is 1. The van der Waals surface area contributed by atoms with Crippen molar-refractivity contribution in [3.63, 3.8) is 0 Å². The van der Waals surface area contributed by atoms with Crippen LogP contribution in [0.25, 0.3) is 5.65 Å². The highest BCUT2D eigenvalue weighted by molar-refractivity contribution is 8.22. The third kappa shape index (κ3) is 5.56. The summed E-state index contributed by atoms with van der Waals surface area (Å²) in [5.41, 5.74) is 2.31. The molecule has 224 valence electrons. The number of carbonyl (C=O) groups is 1. The molecule has 0 radical (unpaired) electrons. The lowest BCUT2D eigenvalue weighted by molar-refractivity contribution is -0.145. The molecule has 1 aliphatic heterocycles. The molecule has 4 aromatic rings. The zero-order chi connectivity index (χ0) is 30.6. The number of fused-ring (bicyclic) bond motifs is 2. The number of para-hydroxylation sites is 1. The Kier molecular flexibility index (Phi) is 7.50. The molecule has 0 spiro atoms. The number of halogens is 3. The molecule has 9 nitrogen and oxygen atoms in total. The molecule has 13 heteroatoms. The highest BCUT2D eigenvalue weighted by atomic mass is 32.3. The van der Waals surface area contributed by atoms with Crippen molar-refractivity contribution in [3.05, 3.63) is 88.4 Å². The Balaban J connectivity index is 1.56. The Hall–Kier alpha value is -3.65. The molecule has 3 heterocycles. The van der Waals surface area contributed by atoms with E-state index >= 15 is 0 Å². The van der Waals surface area contributed by atoms with Gasteiger partial charge in [-0.2, -0.15) is 17.5 Å². The number of carboxylic acid groups (broad SMARTS) is 1. The molecule has 0 aliphatic carbocycles. The van der Waals surface area contributed by atoms with Crippen LogP contribution in [0.3, 0.4) is 0 Å². The molecule has 5 rings (SSSR count). The summed E-state index contributed by atoms with van der Waals surface area (Å²) in [5, 5.41) is 16.8. The summed E-state index contributed by atoms with van der Waals surface area (Å²) in [7, 11) is -3.45. The van der Waals surface area contributed by atoms with E-state index in [1.807, 2.05) is 32.9 Å². The monoisotopic (exact) mass is 604 g/mol. The fraction of sp³-hybridized carbons (Fsp3) is 0.345. The van der Waals surface area contributed by atoms with Crippen molar-refractivity contribution < 1.29 is 36.9 Å². The molecule has 3 N–H and O–H groups in total. The number of aryl methyl sites for hydroxylation is 2. The number of rotatable bonds is 6. The van der Waals surface area contributed by atoms with Gasteiger partial charge in [0.15, 0.2) is 5.65 Å². The van der Waals surface area contributed by atoms with E-state index in [0.29, 0.717) is 22.4 Å². The minimum Gasteiger partial charge on any atom is -0.484 e. The van der Waals surface area contributed by atoms with Crippen LogP contribution >= 0.6 is 10.8 Å². The second kappa shape index (κ2) is 10.6. The van der Waals surface area contributed by atoms with E-state index in [0.717, 1.165) is 15.5 Å². The van der Waals surface area contributed by atoms with Crippen LogP contribution in [-0.4, -0.2) is 51.2 Å². The van der Waals surface area contributed by atoms with E-state index in [-0.39, 0.29) is 30.1 Å². The van der Waals surface area contributed by atoms with Crippen molar-refractivity contribution in [3.8, 4) is 5.75 Å². The Morgan fingerprint density at radius 2 is 1.83 bits per heavy atom. The van der Waals surface area contributed by atoms with E-state index in [1.165, 1.54) is 12.3 Å². The van der Waals surface area contributed by atoms with Crippen molar-refractivity contribution in [2.24, 2.45) is 0 Å². The lowest BCUT2D eigenvalue weighted by atomic mass is 9.85. The zero-order valence-electron chi connectivity index (χ0n) is 23.4. The summed E-state index contributed by atoms with van der Waals surface area (Å²) >= 11 is 0. The minimum atomic E-state index is -4.70. The second-order valence-electron chi connectivity index (χ2n) is 11.1. The first-order valence-corrected chi connectivity index (χ1v) is 14.6. The van der Waals surface area contributed by atoms with Crippen LogP contribution in [0.5, 0.6) is 5.75 Å². The van der Waals surface area contributed by atoms with Gasteiger partial charge < -0.3 is 9.84 Å². The van der Waals surface area contributed by atoms with Gasteiger partial charge in [-0.05, 0) is 73.7 Å². The first kappa shape index (κ1) is 29.8. The van der Waals surface area contributed by atoms with Gasteiger partial charge in [-0.1, -0.05) is 30.3 Å².